The molecule has 1 aliphatic carbocycles. The molecule has 2 heterocycles. The van der Waals surface area contributed by atoms with Crippen LogP contribution in [0.25, 0.3) is 0 Å². The van der Waals surface area contributed by atoms with Gasteiger partial charge in [0.1, 0.15) is 11.9 Å². The summed E-state index contributed by atoms with van der Waals surface area (Å²) in [5, 5.41) is 9.86. The lowest BCUT2D eigenvalue weighted by Crippen LogP contribution is -2.54. The Morgan fingerprint density at radius 3 is 2.71 bits per heavy atom. The molecule has 2 N–H and O–H groups in total. The molecule has 2 aliphatic rings. The number of hydrogen-bond acceptors (Lipinski definition) is 8. The number of nitrogens with zero attached hydrogens (tertiary/aromatic N) is 4. The Morgan fingerprint density at radius 2 is 2.06 bits per heavy atom. The van der Waals surface area contributed by atoms with Crippen LogP contribution in [0, 0.1) is 11.3 Å². The van der Waals surface area contributed by atoms with Gasteiger partial charge in [0.15, 0.2) is 5.75 Å². The van der Waals surface area contributed by atoms with E-state index in [2.05, 4.69) is 6.07 Å². The first kappa shape index (κ1) is 23.5. The van der Waals surface area contributed by atoms with Crippen LogP contribution in [0.5, 0.6) is 5.75 Å². The minimum absolute atomic E-state index is 0.0307. The number of nitriles is 1. The van der Waals surface area contributed by atoms with Crippen molar-refractivity contribution in [3.8, 4) is 11.8 Å². The molecular formula is C25H29N5O4. The average molecular weight is 464 g/mol. The van der Waals surface area contributed by atoms with Gasteiger partial charge in [-0.3, -0.25) is 4.79 Å². The van der Waals surface area contributed by atoms with E-state index >= 15 is 0 Å². The monoisotopic (exact) mass is 463 g/mol. The van der Waals surface area contributed by atoms with E-state index in [1.807, 2.05) is 16.7 Å². The van der Waals surface area contributed by atoms with Gasteiger partial charge in [-0.05, 0) is 38.0 Å². The number of amides is 1. The molecule has 178 valence electrons. The molecule has 1 unspecified atom stereocenters. The number of nitrogen functional groups attached to an aromatic ring is 1. The summed E-state index contributed by atoms with van der Waals surface area (Å²) in [6, 6.07) is 10.4. The molecule has 1 atom stereocenters. The van der Waals surface area contributed by atoms with Crippen molar-refractivity contribution in [3.05, 3.63) is 47.2 Å². The second-order valence-electron chi connectivity index (χ2n) is 8.77. The highest BCUT2D eigenvalue weighted by atomic mass is 16.5. The molecule has 1 aliphatic heterocycles. The van der Waals surface area contributed by atoms with Gasteiger partial charge in [-0.1, -0.05) is 6.07 Å². The second-order valence-corrected chi connectivity index (χ2v) is 8.77. The Morgan fingerprint density at radius 1 is 1.26 bits per heavy atom. The Hall–Kier alpha value is -3.64. The van der Waals surface area contributed by atoms with Gasteiger partial charge in [-0.2, -0.15) is 5.26 Å². The summed E-state index contributed by atoms with van der Waals surface area (Å²) in [6.45, 7) is 4.06. The second kappa shape index (κ2) is 10.1. The van der Waals surface area contributed by atoms with Crippen LogP contribution in [-0.4, -0.2) is 61.2 Å². The molecule has 9 heteroatoms. The van der Waals surface area contributed by atoms with Gasteiger partial charge >= 0.3 is 5.97 Å². The van der Waals surface area contributed by atoms with Crippen LogP contribution in [0.3, 0.4) is 0 Å². The Labute approximate surface area is 199 Å². The highest BCUT2D eigenvalue weighted by Crippen LogP contribution is 2.45. The number of piperazine rings is 1. The molecule has 0 radical (unpaired) electrons. The SMILES string of the molecule is COCCC(=O)N1CCN(c2nc(C3CC3)c(OC(=O)c3cccc(N)c3)cc2C#N)CC1C. The zero-order chi connectivity index (χ0) is 24.2. The lowest BCUT2D eigenvalue weighted by atomic mass is 10.1. The fourth-order valence-corrected chi connectivity index (χ4v) is 4.23. The van der Waals surface area contributed by atoms with E-state index in [4.69, 9.17) is 20.2 Å². The number of benzene rings is 1. The Bertz CT molecular complexity index is 1120. The standard InChI is InChI=1S/C25H29N5O4/c1-16-15-29(9-10-30(16)22(31)8-11-33-2)24-19(14-26)13-21(23(28-24)17-6-7-17)34-25(32)18-4-3-5-20(27)12-18/h3-5,12-13,16-17H,6-11,15,27H2,1-2H3. The van der Waals surface area contributed by atoms with E-state index in [1.54, 1.807) is 37.4 Å². The van der Waals surface area contributed by atoms with Crippen LogP contribution in [0.15, 0.2) is 30.3 Å². The maximum absolute atomic E-state index is 12.7. The van der Waals surface area contributed by atoms with E-state index < -0.39 is 5.97 Å². The largest absolute Gasteiger partial charge is 0.421 e. The third-order valence-corrected chi connectivity index (χ3v) is 6.17. The van der Waals surface area contributed by atoms with Crippen molar-refractivity contribution in [1.82, 2.24) is 9.88 Å². The summed E-state index contributed by atoms with van der Waals surface area (Å²) in [5.74, 6) is 0.611. The molecule has 9 nitrogen and oxygen atoms in total. The fourth-order valence-electron chi connectivity index (χ4n) is 4.23. The van der Waals surface area contributed by atoms with Gasteiger partial charge < -0.3 is 25.0 Å². The van der Waals surface area contributed by atoms with E-state index in [9.17, 15) is 14.9 Å². The minimum Gasteiger partial charge on any atom is -0.421 e. The molecule has 2 aromatic rings. The molecule has 0 spiro atoms. The van der Waals surface area contributed by atoms with Crippen LogP contribution in [0.1, 0.15) is 53.7 Å². The molecule has 1 aromatic heterocycles. The van der Waals surface area contributed by atoms with Gasteiger partial charge in [0.25, 0.3) is 0 Å². The van der Waals surface area contributed by atoms with Gasteiger partial charge in [-0.15, -0.1) is 0 Å². The first-order chi connectivity index (χ1) is 16.4. The highest BCUT2D eigenvalue weighted by Gasteiger charge is 2.34. The third-order valence-electron chi connectivity index (χ3n) is 6.17. The molecule has 1 saturated heterocycles. The Kier molecular flexibility index (Phi) is 6.98. The molecule has 0 bridgehead atoms. The van der Waals surface area contributed by atoms with Gasteiger partial charge in [0.05, 0.1) is 29.8 Å². The predicted molar refractivity (Wildman–Crippen MR) is 127 cm³/mol. The number of rotatable bonds is 7. The van der Waals surface area contributed by atoms with Crippen LogP contribution in [-0.2, 0) is 9.53 Å². The number of esters is 1. The number of ether oxygens (including phenoxy) is 2. The van der Waals surface area contributed by atoms with Crippen molar-refractivity contribution < 1.29 is 19.1 Å². The summed E-state index contributed by atoms with van der Waals surface area (Å²) < 4.78 is 10.7. The van der Waals surface area contributed by atoms with Crippen molar-refractivity contribution in [2.24, 2.45) is 0 Å². The number of hydrogen-bond donors (Lipinski definition) is 1. The van der Waals surface area contributed by atoms with Crippen LogP contribution >= 0.6 is 0 Å². The third kappa shape index (κ3) is 5.13. The first-order valence-electron chi connectivity index (χ1n) is 11.5. The summed E-state index contributed by atoms with van der Waals surface area (Å²) in [5.41, 5.74) is 7.63. The summed E-state index contributed by atoms with van der Waals surface area (Å²) in [7, 11) is 1.58. The van der Waals surface area contributed by atoms with Crippen molar-refractivity contribution in [3.63, 3.8) is 0 Å². The number of nitrogens with two attached hydrogens (primary N) is 1. The minimum atomic E-state index is -0.538. The van der Waals surface area contributed by atoms with Crippen molar-refractivity contribution in [2.45, 2.75) is 38.1 Å². The van der Waals surface area contributed by atoms with Crippen molar-refractivity contribution in [2.75, 3.05) is 44.0 Å². The van der Waals surface area contributed by atoms with E-state index in [1.165, 1.54) is 0 Å². The Balaban J connectivity index is 1.57. The fraction of sp³-hybridized carbons (Fsp3) is 0.440. The number of pyridine rings is 1. The number of anilines is 2. The molecule has 34 heavy (non-hydrogen) atoms. The van der Waals surface area contributed by atoms with Crippen molar-refractivity contribution >= 4 is 23.4 Å². The van der Waals surface area contributed by atoms with E-state index in [0.717, 1.165) is 12.8 Å². The van der Waals surface area contributed by atoms with Crippen LogP contribution in [0.2, 0.25) is 0 Å². The van der Waals surface area contributed by atoms with Gasteiger partial charge in [0, 0.05) is 50.5 Å². The maximum atomic E-state index is 12.7. The maximum Gasteiger partial charge on any atom is 0.343 e. The number of methoxy groups -OCH3 is 1. The zero-order valence-corrected chi connectivity index (χ0v) is 19.5. The van der Waals surface area contributed by atoms with E-state index in [0.29, 0.717) is 66.7 Å². The first-order valence-corrected chi connectivity index (χ1v) is 11.5. The quantitative estimate of drug-likeness (QED) is 0.491. The number of carbonyl (C=O) groups excluding carboxylic acids is 2. The highest BCUT2D eigenvalue weighted by molar-refractivity contribution is 5.92. The smallest absolute Gasteiger partial charge is 0.343 e. The van der Waals surface area contributed by atoms with Gasteiger partial charge in [-0.25, -0.2) is 9.78 Å². The topological polar surface area (TPSA) is 122 Å². The number of carbonyl (C=O) groups is 2. The molecule has 1 aromatic carbocycles. The van der Waals surface area contributed by atoms with E-state index in [-0.39, 0.29) is 17.9 Å². The van der Waals surface area contributed by atoms with Crippen LogP contribution < -0.4 is 15.4 Å². The predicted octanol–water partition coefficient (Wildman–Crippen LogP) is 2.71. The molecular weight excluding hydrogens is 434 g/mol. The molecule has 2 fully saturated rings. The summed E-state index contributed by atoms with van der Waals surface area (Å²) in [4.78, 5) is 33.9. The molecule has 4 rings (SSSR count). The molecule has 1 saturated carbocycles. The molecule has 1 amide bonds. The van der Waals surface area contributed by atoms with Gasteiger partial charge in [0.2, 0.25) is 5.91 Å². The lowest BCUT2D eigenvalue weighted by molar-refractivity contribution is -0.134. The van der Waals surface area contributed by atoms with Crippen LogP contribution in [0.4, 0.5) is 11.5 Å². The van der Waals surface area contributed by atoms with Crippen molar-refractivity contribution in [1.29, 1.82) is 5.26 Å². The lowest BCUT2D eigenvalue weighted by Gasteiger charge is -2.40. The normalized spacial score (nSPS) is 17.9. The zero-order valence-electron chi connectivity index (χ0n) is 19.5. The summed E-state index contributed by atoms with van der Waals surface area (Å²) in [6.07, 6.45) is 2.26. The number of aromatic nitrogens is 1. The average Bonchev–Trinajstić information content (AvgIpc) is 3.67. The summed E-state index contributed by atoms with van der Waals surface area (Å²) >= 11 is 0.